The summed E-state index contributed by atoms with van der Waals surface area (Å²) in [7, 11) is 0. The van der Waals surface area contributed by atoms with Crippen molar-refractivity contribution in [1.29, 1.82) is 0 Å². The molecule has 0 aromatic rings. The van der Waals surface area contributed by atoms with Crippen LogP contribution in [0.1, 0.15) is 34.1 Å². The Morgan fingerprint density at radius 3 is 2.19 bits per heavy atom. The van der Waals surface area contributed by atoms with Gasteiger partial charge in [0.2, 0.25) is 6.29 Å². The smallest absolute Gasteiger partial charge is 0.305 e. The molecule has 0 spiro atoms. The molecule has 0 aromatic carbocycles. The second kappa shape index (κ2) is 5.30. The van der Waals surface area contributed by atoms with Crippen LogP contribution in [-0.4, -0.2) is 30.4 Å². The van der Waals surface area contributed by atoms with Crippen molar-refractivity contribution in [3.63, 3.8) is 0 Å². The van der Waals surface area contributed by atoms with Gasteiger partial charge in [-0.25, -0.2) is 0 Å². The van der Waals surface area contributed by atoms with Crippen LogP contribution < -0.4 is 0 Å². The van der Waals surface area contributed by atoms with E-state index in [1.165, 1.54) is 13.8 Å². The monoisotopic (exact) mass is 230 g/mol. The first-order valence-corrected chi connectivity index (χ1v) is 5.45. The molecule has 16 heavy (non-hydrogen) atoms. The minimum Gasteiger partial charge on any atom is -0.455 e. The zero-order valence-corrected chi connectivity index (χ0v) is 10.1. The van der Waals surface area contributed by atoms with Crippen molar-refractivity contribution in [2.45, 2.75) is 52.6 Å². The van der Waals surface area contributed by atoms with Crippen molar-refractivity contribution in [2.24, 2.45) is 5.92 Å². The quantitative estimate of drug-likeness (QED) is 0.683. The fourth-order valence-corrected chi connectivity index (χ4v) is 1.91. The van der Waals surface area contributed by atoms with E-state index >= 15 is 0 Å². The Labute approximate surface area is 95.0 Å². The zero-order chi connectivity index (χ0) is 12.3. The highest BCUT2D eigenvalue weighted by molar-refractivity contribution is 5.67. The second-order valence-corrected chi connectivity index (χ2v) is 3.99. The molecule has 1 aliphatic heterocycles. The molecular formula is C11H18O5. The minimum atomic E-state index is -0.777. The summed E-state index contributed by atoms with van der Waals surface area (Å²) in [6.07, 6.45) is -0.544. The number of esters is 2. The number of ether oxygens (including phenoxy) is 3. The van der Waals surface area contributed by atoms with E-state index in [1.807, 2.05) is 13.8 Å². The fraction of sp³-hybridized carbons (Fsp3) is 0.818. The van der Waals surface area contributed by atoms with Crippen molar-refractivity contribution in [1.82, 2.24) is 0 Å². The summed E-state index contributed by atoms with van der Waals surface area (Å²) >= 11 is 0. The highest BCUT2D eigenvalue weighted by Gasteiger charge is 2.45. The average molecular weight is 230 g/mol. The fourth-order valence-electron chi connectivity index (χ4n) is 1.91. The molecule has 0 radical (unpaired) electrons. The molecular weight excluding hydrogens is 212 g/mol. The predicted molar refractivity (Wildman–Crippen MR) is 55.4 cm³/mol. The van der Waals surface area contributed by atoms with Gasteiger partial charge < -0.3 is 14.2 Å². The third-order valence-electron chi connectivity index (χ3n) is 2.67. The lowest BCUT2D eigenvalue weighted by Gasteiger charge is -2.19. The van der Waals surface area contributed by atoms with Gasteiger partial charge in [0.25, 0.3) is 0 Å². The molecule has 0 amide bonds. The van der Waals surface area contributed by atoms with E-state index < -0.39 is 24.3 Å². The summed E-state index contributed by atoms with van der Waals surface area (Å²) < 4.78 is 15.6. The molecule has 1 rings (SSSR count). The molecule has 0 aliphatic carbocycles. The molecule has 2 unspecified atom stereocenters. The van der Waals surface area contributed by atoms with Crippen LogP contribution in [0.4, 0.5) is 0 Å². The van der Waals surface area contributed by atoms with Gasteiger partial charge in [-0.05, 0) is 6.42 Å². The van der Waals surface area contributed by atoms with Crippen molar-refractivity contribution >= 4 is 11.9 Å². The van der Waals surface area contributed by atoms with Gasteiger partial charge in [-0.15, -0.1) is 0 Å². The van der Waals surface area contributed by atoms with E-state index in [-0.39, 0.29) is 12.0 Å². The van der Waals surface area contributed by atoms with E-state index in [9.17, 15) is 9.59 Å². The van der Waals surface area contributed by atoms with Gasteiger partial charge >= 0.3 is 11.9 Å². The van der Waals surface area contributed by atoms with E-state index in [0.717, 1.165) is 6.42 Å². The SMILES string of the molecule is CC[C@H]1OC(OC(C)=O)C(OC(C)=O)[C@H]1C. The highest BCUT2D eigenvalue weighted by atomic mass is 16.7. The van der Waals surface area contributed by atoms with Gasteiger partial charge in [0.1, 0.15) is 0 Å². The normalized spacial score (nSPS) is 33.5. The molecule has 4 atom stereocenters. The average Bonchev–Trinajstić information content (AvgIpc) is 2.44. The van der Waals surface area contributed by atoms with Crippen LogP contribution in [0.25, 0.3) is 0 Å². The molecule has 0 aromatic heterocycles. The van der Waals surface area contributed by atoms with Gasteiger partial charge in [0.05, 0.1) is 6.10 Å². The Morgan fingerprint density at radius 1 is 1.19 bits per heavy atom. The third-order valence-corrected chi connectivity index (χ3v) is 2.67. The van der Waals surface area contributed by atoms with E-state index in [2.05, 4.69) is 0 Å². The molecule has 92 valence electrons. The van der Waals surface area contributed by atoms with Crippen LogP contribution in [0, 0.1) is 5.92 Å². The lowest BCUT2D eigenvalue weighted by atomic mass is 9.99. The minimum absolute atomic E-state index is 0.0262. The first kappa shape index (κ1) is 13.0. The number of hydrogen-bond donors (Lipinski definition) is 0. The Morgan fingerprint density at radius 2 is 1.75 bits per heavy atom. The Bertz CT molecular complexity index is 276. The summed E-state index contributed by atoms with van der Waals surface area (Å²) in [6, 6.07) is 0. The van der Waals surface area contributed by atoms with E-state index in [1.54, 1.807) is 0 Å². The molecule has 0 saturated carbocycles. The number of rotatable bonds is 3. The zero-order valence-electron chi connectivity index (χ0n) is 10.1. The van der Waals surface area contributed by atoms with Crippen molar-refractivity contribution in [3.8, 4) is 0 Å². The molecule has 5 heteroatoms. The third kappa shape index (κ3) is 2.95. The van der Waals surface area contributed by atoms with Gasteiger partial charge in [0, 0.05) is 19.8 Å². The molecule has 1 saturated heterocycles. The lowest BCUT2D eigenvalue weighted by molar-refractivity contribution is -0.194. The number of carbonyl (C=O) groups excluding carboxylic acids is 2. The Kier molecular flexibility index (Phi) is 4.29. The maximum Gasteiger partial charge on any atom is 0.305 e. The first-order chi connectivity index (χ1) is 7.45. The second-order valence-electron chi connectivity index (χ2n) is 3.99. The van der Waals surface area contributed by atoms with Crippen LogP contribution >= 0.6 is 0 Å². The first-order valence-electron chi connectivity index (χ1n) is 5.45. The van der Waals surface area contributed by atoms with Crippen LogP contribution in [0.3, 0.4) is 0 Å². The maximum atomic E-state index is 11.0. The maximum absolute atomic E-state index is 11.0. The molecule has 0 bridgehead atoms. The van der Waals surface area contributed by atoms with Gasteiger partial charge in [-0.3, -0.25) is 9.59 Å². The van der Waals surface area contributed by atoms with Crippen LogP contribution in [-0.2, 0) is 23.8 Å². The molecule has 5 nitrogen and oxygen atoms in total. The number of carbonyl (C=O) groups is 2. The molecule has 1 fully saturated rings. The van der Waals surface area contributed by atoms with Gasteiger partial charge in [0.15, 0.2) is 6.10 Å². The van der Waals surface area contributed by atoms with Crippen LogP contribution in [0.5, 0.6) is 0 Å². The standard InChI is InChI=1S/C11H18O5/c1-5-9-6(2)10(14-7(3)12)11(16-9)15-8(4)13/h6,9-11H,5H2,1-4H3/t6-,9+,10?,11?/m0/s1. The van der Waals surface area contributed by atoms with Crippen molar-refractivity contribution < 1.29 is 23.8 Å². The molecule has 0 N–H and O–H groups in total. The summed E-state index contributed by atoms with van der Waals surface area (Å²) in [5.74, 6) is -0.807. The topological polar surface area (TPSA) is 61.8 Å². The molecule has 1 heterocycles. The van der Waals surface area contributed by atoms with Gasteiger partial charge in [-0.2, -0.15) is 0 Å². The van der Waals surface area contributed by atoms with Crippen LogP contribution in [0.15, 0.2) is 0 Å². The van der Waals surface area contributed by atoms with Gasteiger partial charge in [-0.1, -0.05) is 13.8 Å². The Hall–Kier alpha value is -1.10. The number of hydrogen-bond acceptors (Lipinski definition) is 5. The largest absolute Gasteiger partial charge is 0.455 e. The van der Waals surface area contributed by atoms with Crippen molar-refractivity contribution in [3.05, 3.63) is 0 Å². The Balaban J connectivity index is 2.72. The summed E-state index contributed by atoms with van der Waals surface area (Å²) in [5.41, 5.74) is 0. The highest BCUT2D eigenvalue weighted by Crippen LogP contribution is 2.31. The predicted octanol–water partition coefficient (Wildman–Crippen LogP) is 1.25. The summed E-state index contributed by atoms with van der Waals surface area (Å²) in [4.78, 5) is 21.8. The molecule has 1 aliphatic rings. The van der Waals surface area contributed by atoms with E-state index in [0.29, 0.717) is 0 Å². The summed E-state index contributed by atoms with van der Waals surface area (Å²) in [5, 5.41) is 0. The van der Waals surface area contributed by atoms with E-state index in [4.69, 9.17) is 14.2 Å². The van der Waals surface area contributed by atoms with Crippen molar-refractivity contribution in [2.75, 3.05) is 0 Å². The van der Waals surface area contributed by atoms with Crippen LogP contribution in [0.2, 0.25) is 0 Å². The lowest BCUT2D eigenvalue weighted by Crippen LogP contribution is -2.33. The summed E-state index contributed by atoms with van der Waals surface area (Å²) in [6.45, 7) is 6.53.